The Morgan fingerprint density at radius 1 is 1.07 bits per heavy atom. The molecular weight excluding hydrogens is 376 g/mol. The maximum Gasteiger partial charge on any atom is 0.152 e. The Bertz CT molecular complexity index is 1050. The van der Waals surface area contributed by atoms with E-state index >= 15 is 0 Å². The van der Waals surface area contributed by atoms with Crippen LogP contribution in [0.5, 0.6) is 11.5 Å². The van der Waals surface area contributed by atoms with Crippen molar-refractivity contribution in [2.45, 2.75) is 13.1 Å². The second kappa shape index (κ2) is 8.13. The van der Waals surface area contributed by atoms with E-state index in [0.717, 1.165) is 56.3 Å². The molecule has 0 aliphatic carbocycles. The van der Waals surface area contributed by atoms with Gasteiger partial charge in [0.2, 0.25) is 0 Å². The first-order chi connectivity index (χ1) is 14.7. The summed E-state index contributed by atoms with van der Waals surface area (Å²) in [5, 5.41) is 1.20. The highest BCUT2D eigenvalue weighted by atomic mass is 16.5. The molecule has 0 unspecified atom stereocenters. The first-order valence-electron chi connectivity index (χ1n) is 10.5. The molecule has 0 atom stereocenters. The van der Waals surface area contributed by atoms with E-state index in [-0.39, 0.29) is 0 Å². The lowest BCUT2D eigenvalue weighted by Gasteiger charge is -2.37. The zero-order chi connectivity index (χ0) is 20.5. The topological polar surface area (TPSA) is 41.1 Å². The summed E-state index contributed by atoms with van der Waals surface area (Å²) in [7, 11) is 3.83. The third-order valence-electron chi connectivity index (χ3n) is 6.07. The lowest BCUT2D eigenvalue weighted by molar-refractivity contribution is 0.123. The van der Waals surface area contributed by atoms with Gasteiger partial charge in [0.25, 0.3) is 0 Å². The van der Waals surface area contributed by atoms with E-state index in [1.807, 2.05) is 24.4 Å². The van der Waals surface area contributed by atoms with Crippen LogP contribution < -0.4 is 14.4 Å². The number of piperazine rings is 1. The van der Waals surface area contributed by atoms with Crippen LogP contribution in [0, 0.1) is 0 Å². The van der Waals surface area contributed by atoms with E-state index in [2.05, 4.69) is 51.0 Å². The van der Waals surface area contributed by atoms with Gasteiger partial charge in [-0.15, -0.1) is 0 Å². The van der Waals surface area contributed by atoms with E-state index in [1.54, 1.807) is 7.11 Å². The van der Waals surface area contributed by atoms with Crippen LogP contribution in [-0.2, 0) is 13.1 Å². The van der Waals surface area contributed by atoms with Crippen LogP contribution in [0.2, 0.25) is 0 Å². The fraction of sp³-hybridized carbons (Fsp3) is 0.375. The number of hydrogen-bond donors (Lipinski definition) is 0. The van der Waals surface area contributed by atoms with E-state index < -0.39 is 0 Å². The minimum Gasteiger partial charge on any atom is -0.495 e. The third-order valence-corrected chi connectivity index (χ3v) is 6.07. The Hall–Kier alpha value is -2.83. The van der Waals surface area contributed by atoms with E-state index in [9.17, 15) is 0 Å². The van der Waals surface area contributed by atoms with Crippen molar-refractivity contribution < 1.29 is 9.47 Å². The summed E-state index contributed by atoms with van der Waals surface area (Å²) in [4.78, 5) is 11.8. The van der Waals surface area contributed by atoms with Gasteiger partial charge in [-0.1, -0.05) is 18.2 Å². The van der Waals surface area contributed by atoms with Crippen LogP contribution in [0.4, 0.5) is 5.69 Å². The number of ether oxygens (including phenoxy) is 2. The molecule has 3 heterocycles. The molecule has 2 aliphatic rings. The molecule has 2 aliphatic heterocycles. The second-order valence-electron chi connectivity index (χ2n) is 8.15. The molecule has 30 heavy (non-hydrogen) atoms. The predicted octanol–water partition coefficient (Wildman–Crippen LogP) is 3.35. The van der Waals surface area contributed by atoms with Gasteiger partial charge in [-0.05, 0) is 36.9 Å². The van der Waals surface area contributed by atoms with Crippen LogP contribution in [0.1, 0.15) is 11.1 Å². The van der Waals surface area contributed by atoms with E-state index in [4.69, 9.17) is 9.47 Å². The van der Waals surface area contributed by atoms with Gasteiger partial charge in [-0.2, -0.15) is 0 Å². The van der Waals surface area contributed by atoms with Gasteiger partial charge in [-0.3, -0.25) is 14.8 Å². The Kier molecular flexibility index (Phi) is 5.19. The molecular formula is C24H28N4O2. The Labute approximate surface area is 177 Å². The number of anilines is 1. The quantitative estimate of drug-likeness (QED) is 0.664. The molecule has 0 saturated carbocycles. The highest BCUT2D eigenvalue weighted by Crippen LogP contribution is 2.35. The van der Waals surface area contributed by atoms with Crippen molar-refractivity contribution in [2.24, 2.45) is 0 Å². The largest absolute Gasteiger partial charge is 0.495 e. The number of benzene rings is 2. The number of hydrogen-bond acceptors (Lipinski definition) is 6. The monoisotopic (exact) mass is 404 g/mol. The molecule has 1 fully saturated rings. The first kappa shape index (κ1) is 19.2. The van der Waals surface area contributed by atoms with Crippen molar-refractivity contribution in [2.75, 3.05) is 52.0 Å². The van der Waals surface area contributed by atoms with Gasteiger partial charge in [-0.25, -0.2) is 0 Å². The molecule has 3 aromatic rings. The van der Waals surface area contributed by atoms with Crippen LogP contribution in [-0.4, -0.2) is 61.9 Å². The van der Waals surface area contributed by atoms with Gasteiger partial charge in [0.1, 0.15) is 18.0 Å². The first-order valence-corrected chi connectivity index (χ1v) is 10.5. The normalized spacial score (nSPS) is 17.6. The predicted molar refractivity (Wildman–Crippen MR) is 119 cm³/mol. The van der Waals surface area contributed by atoms with Gasteiger partial charge in [0.05, 0.1) is 12.8 Å². The Morgan fingerprint density at radius 3 is 2.73 bits per heavy atom. The number of nitrogens with zero attached hydrogens (tertiary/aromatic N) is 4. The fourth-order valence-corrected chi connectivity index (χ4v) is 4.55. The number of rotatable bonds is 4. The number of aromatic nitrogens is 1. The van der Waals surface area contributed by atoms with Crippen LogP contribution in [0.15, 0.2) is 48.7 Å². The molecule has 1 aromatic heterocycles. The summed E-state index contributed by atoms with van der Waals surface area (Å²) < 4.78 is 11.6. The van der Waals surface area contributed by atoms with Crippen molar-refractivity contribution in [3.63, 3.8) is 0 Å². The highest BCUT2D eigenvalue weighted by molar-refractivity contribution is 5.89. The summed E-state index contributed by atoms with van der Waals surface area (Å²) >= 11 is 0. The summed E-state index contributed by atoms with van der Waals surface area (Å²) in [6, 6.07) is 14.8. The Morgan fingerprint density at radius 2 is 1.90 bits per heavy atom. The molecule has 0 amide bonds. The number of pyridine rings is 1. The van der Waals surface area contributed by atoms with Crippen LogP contribution in [0.3, 0.4) is 0 Å². The summed E-state index contributed by atoms with van der Waals surface area (Å²) in [5.41, 5.74) is 4.74. The van der Waals surface area contributed by atoms with Gasteiger partial charge < -0.3 is 14.4 Å². The van der Waals surface area contributed by atoms with Gasteiger partial charge >= 0.3 is 0 Å². The third kappa shape index (κ3) is 3.57. The number of fused-ring (bicyclic) bond motifs is 3. The zero-order valence-corrected chi connectivity index (χ0v) is 17.7. The summed E-state index contributed by atoms with van der Waals surface area (Å²) in [5.74, 6) is 1.90. The van der Waals surface area contributed by atoms with E-state index in [0.29, 0.717) is 6.73 Å². The minimum atomic E-state index is 0.614. The lowest BCUT2D eigenvalue weighted by atomic mass is 10.0. The van der Waals surface area contributed by atoms with Gasteiger partial charge in [0.15, 0.2) is 5.75 Å². The summed E-state index contributed by atoms with van der Waals surface area (Å²) in [6.45, 7) is 6.47. The molecule has 156 valence electrons. The molecule has 2 aromatic carbocycles. The van der Waals surface area contributed by atoms with E-state index in [1.165, 1.54) is 22.2 Å². The molecule has 0 spiro atoms. The molecule has 6 heteroatoms. The van der Waals surface area contributed by atoms with Crippen LogP contribution >= 0.6 is 0 Å². The highest BCUT2D eigenvalue weighted by Gasteiger charge is 2.23. The molecule has 6 nitrogen and oxygen atoms in total. The maximum absolute atomic E-state index is 6.01. The zero-order valence-electron chi connectivity index (χ0n) is 17.7. The average molecular weight is 405 g/mol. The van der Waals surface area contributed by atoms with Crippen molar-refractivity contribution in [3.05, 3.63) is 59.8 Å². The molecule has 0 N–H and O–H groups in total. The second-order valence-corrected chi connectivity index (χ2v) is 8.15. The molecule has 0 bridgehead atoms. The van der Waals surface area contributed by atoms with Crippen molar-refractivity contribution in [1.29, 1.82) is 0 Å². The minimum absolute atomic E-state index is 0.614. The summed E-state index contributed by atoms with van der Waals surface area (Å²) in [6.07, 6.45) is 1.86. The van der Waals surface area contributed by atoms with Gasteiger partial charge in [0, 0.05) is 56.4 Å². The molecule has 5 rings (SSSR count). The number of para-hydroxylation sites is 2. The maximum atomic E-state index is 6.01. The fourth-order valence-electron chi connectivity index (χ4n) is 4.55. The smallest absolute Gasteiger partial charge is 0.152 e. The SMILES string of the molecule is COc1ccccc1N1CCN(Cc2cc3c(c4ncccc24)OCN(C)C3)CC1. The average Bonchev–Trinajstić information content (AvgIpc) is 2.79. The Balaban J connectivity index is 1.36. The molecule has 1 saturated heterocycles. The van der Waals surface area contributed by atoms with Crippen molar-refractivity contribution >= 4 is 16.6 Å². The lowest BCUT2D eigenvalue weighted by Crippen LogP contribution is -2.46. The van der Waals surface area contributed by atoms with Crippen molar-refractivity contribution in [3.8, 4) is 11.5 Å². The van der Waals surface area contributed by atoms with Crippen molar-refractivity contribution in [1.82, 2.24) is 14.8 Å². The van der Waals surface area contributed by atoms with Crippen LogP contribution in [0.25, 0.3) is 10.9 Å². The number of methoxy groups -OCH3 is 1. The molecule has 0 radical (unpaired) electrons. The standard InChI is InChI=1S/C24H28N4O2/c1-26-15-19-14-18(20-6-5-9-25-23(20)24(19)30-17-26)16-27-10-12-28(13-11-27)21-7-3-4-8-22(21)29-2/h3-9,14H,10-13,15-17H2,1-2H3.